The fraction of sp³-hybridized carbons (Fsp3) is 0.333. The van der Waals surface area contributed by atoms with Gasteiger partial charge in [-0.2, -0.15) is 0 Å². The average molecular weight is 207 g/mol. The van der Waals surface area contributed by atoms with Gasteiger partial charge in [0.25, 0.3) is 0 Å². The van der Waals surface area contributed by atoms with Crippen molar-refractivity contribution in [2.24, 2.45) is 5.73 Å². The molecule has 0 aliphatic heterocycles. The maximum atomic E-state index is 9.96. The third-order valence-electron chi connectivity index (χ3n) is 2.31. The molecule has 0 amide bonds. The Morgan fingerprint density at radius 2 is 2.07 bits per heavy atom. The summed E-state index contributed by atoms with van der Waals surface area (Å²) in [7, 11) is 1.55. The lowest BCUT2D eigenvalue weighted by Crippen LogP contribution is -1.95. The molecule has 0 unspecified atom stereocenters. The number of hydrogen-bond acceptors (Lipinski definition) is 3. The summed E-state index contributed by atoms with van der Waals surface area (Å²) < 4.78 is 5.14. The van der Waals surface area contributed by atoms with Crippen LogP contribution in [0.3, 0.4) is 0 Å². The van der Waals surface area contributed by atoms with E-state index in [0.717, 1.165) is 16.7 Å². The molecule has 0 spiro atoms. The highest BCUT2D eigenvalue weighted by Crippen LogP contribution is 2.36. The minimum Gasteiger partial charge on any atom is -0.504 e. The molecule has 15 heavy (non-hydrogen) atoms. The summed E-state index contributed by atoms with van der Waals surface area (Å²) >= 11 is 0. The molecule has 1 rings (SSSR count). The second-order valence-electron chi connectivity index (χ2n) is 3.44. The SMILES string of the molecule is COc1c(C)cc(C)c(/C=C/CN)c1O. The number of phenols is 1. The Balaban J connectivity index is 3.32. The highest BCUT2D eigenvalue weighted by atomic mass is 16.5. The van der Waals surface area contributed by atoms with Gasteiger partial charge >= 0.3 is 0 Å². The predicted octanol–water partition coefficient (Wildman–Crippen LogP) is 1.99. The standard InChI is InChI=1S/C12H17NO2/c1-8-7-9(2)12(15-3)11(14)10(8)5-4-6-13/h4-5,7,14H,6,13H2,1-3H3/b5-4+. The number of nitrogens with two attached hydrogens (primary N) is 1. The summed E-state index contributed by atoms with van der Waals surface area (Å²) in [6.45, 7) is 4.30. The van der Waals surface area contributed by atoms with E-state index in [4.69, 9.17) is 10.5 Å². The van der Waals surface area contributed by atoms with Gasteiger partial charge in [0.05, 0.1) is 7.11 Å². The molecule has 3 N–H and O–H groups in total. The molecule has 1 aromatic rings. The van der Waals surface area contributed by atoms with Gasteiger partial charge in [-0.15, -0.1) is 0 Å². The zero-order chi connectivity index (χ0) is 11.4. The number of phenolic OH excluding ortho intramolecular Hbond substituents is 1. The molecular formula is C12H17NO2. The lowest BCUT2D eigenvalue weighted by molar-refractivity contribution is 0.370. The second-order valence-corrected chi connectivity index (χ2v) is 3.44. The third-order valence-corrected chi connectivity index (χ3v) is 2.31. The van der Waals surface area contributed by atoms with Crippen molar-refractivity contribution < 1.29 is 9.84 Å². The minimum absolute atomic E-state index is 0.180. The largest absolute Gasteiger partial charge is 0.504 e. The number of rotatable bonds is 3. The molecule has 0 heterocycles. The number of ether oxygens (including phenoxy) is 1. The quantitative estimate of drug-likeness (QED) is 0.797. The zero-order valence-corrected chi connectivity index (χ0v) is 9.37. The van der Waals surface area contributed by atoms with Crippen molar-refractivity contribution in [3.05, 3.63) is 28.8 Å². The first-order valence-electron chi connectivity index (χ1n) is 4.85. The van der Waals surface area contributed by atoms with Crippen LogP contribution < -0.4 is 10.5 Å². The van der Waals surface area contributed by atoms with Crippen LogP contribution in [-0.2, 0) is 0 Å². The van der Waals surface area contributed by atoms with Crippen LogP contribution >= 0.6 is 0 Å². The highest BCUT2D eigenvalue weighted by Gasteiger charge is 2.11. The maximum absolute atomic E-state index is 9.96. The summed E-state index contributed by atoms with van der Waals surface area (Å²) in [6, 6.07) is 1.98. The van der Waals surface area contributed by atoms with Gasteiger partial charge in [-0.25, -0.2) is 0 Å². The summed E-state index contributed by atoms with van der Waals surface area (Å²) in [5.74, 6) is 0.706. The summed E-state index contributed by atoms with van der Waals surface area (Å²) in [4.78, 5) is 0. The normalized spacial score (nSPS) is 10.9. The van der Waals surface area contributed by atoms with E-state index < -0.39 is 0 Å². The monoisotopic (exact) mass is 207 g/mol. The molecule has 3 heteroatoms. The van der Waals surface area contributed by atoms with E-state index in [1.165, 1.54) is 0 Å². The zero-order valence-electron chi connectivity index (χ0n) is 9.37. The molecule has 3 nitrogen and oxygen atoms in total. The Labute approximate surface area is 90.2 Å². The van der Waals surface area contributed by atoms with Crippen LogP contribution in [0.25, 0.3) is 6.08 Å². The van der Waals surface area contributed by atoms with Gasteiger partial charge in [0.15, 0.2) is 11.5 Å². The van der Waals surface area contributed by atoms with Gasteiger partial charge in [0.1, 0.15) is 0 Å². The van der Waals surface area contributed by atoms with Crippen LogP contribution in [0.4, 0.5) is 0 Å². The smallest absolute Gasteiger partial charge is 0.165 e. The number of methoxy groups -OCH3 is 1. The average Bonchev–Trinajstić information content (AvgIpc) is 2.17. The van der Waals surface area contributed by atoms with E-state index in [-0.39, 0.29) is 5.75 Å². The van der Waals surface area contributed by atoms with Gasteiger partial charge in [-0.3, -0.25) is 0 Å². The fourth-order valence-corrected chi connectivity index (χ4v) is 1.62. The Bertz CT molecular complexity index is 384. The topological polar surface area (TPSA) is 55.5 Å². The summed E-state index contributed by atoms with van der Waals surface area (Å²) in [5, 5.41) is 9.96. The molecule has 0 aliphatic carbocycles. The lowest BCUT2D eigenvalue weighted by atomic mass is 10.0. The van der Waals surface area contributed by atoms with Crippen LogP contribution in [-0.4, -0.2) is 18.8 Å². The van der Waals surface area contributed by atoms with E-state index >= 15 is 0 Å². The lowest BCUT2D eigenvalue weighted by Gasteiger charge is -2.12. The van der Waals surface area contributed by atoms with Crippen molar-refractivity contribution in [1.29, 1.82) is 0 Å². The second kappa shape index (κ2) is 4.84. The number of hydrogen-bond donors (Lipinski definition) is 2. The van der Waals surface area contributed by atoms with Gasteiger partial charge in [0, 0.05) is 12.1 Å². The maximum Gasteiger partial charge on any atom is 0.165 e. The van der Waals surface area contributed by atoms with Gasteiger partial charge in [-0.05, 0) is 25.0 Å². The van der Waals surface area contributed by atoms with Crippen LogP contribution in [0, 0.1) is 13.8 Å². The van der Waals surface area contributed by atoms with Crippen molar-refractivity contribution in [3.8, 4) is 11.5 Å². The van der Waals surface area contributed by atoms with Crippen LogP contribution in [0.2, 0.25) is 0 Å². The summed E-state index contributed by atoms with van der Waals surface area (Å²) in [5.41, 5.74) is 8.08. The number of benzene rings is 1. The fourth-order valence-electron chi connectivity index (χ4n) is 1.62. The van der Waals surface area contributed by atoms with E-state index in [2.05, 4.69) is 0 Å². The molecule has 0 bridgehead atoms. The molecule has 0 aliphatic rings. The number of aryl methyl sites for hydroxylation is 2. The first-order valence-corrected chi connectivity index (χ1v) is 4.85. The number of aromatic hydroxyl groups is 1. The van der Waals surface area contributed by atoms with Gasteiger partial charge in [0.2, 0.25) is 0 Å². The molecule has 0 atom stereocenters. The van der Waals surface area contributed by atoms with Crippen molar-refractivity contribution in [2.75, 3.05) is 13.7 Å². The Kier molecular flexibility index (Phi) is 3.74. The first kappa shape index (κ1) is 11.6. The molecule has 0 radical (unpaired) electrons. The predicted molar refractivity (Wildman–Crippen MR) is 62.2 cm³/mol. The van der Waals surface area contributed by atoms with Crippen molar-refractivity contribution in [1.82, 2.24) is 0 Å². The highest BCUT2D eigenvalue weighted by molar-refractivity contribution is 5.67. The molecular weight excluding hydrogens is 190 g/mol. The van der Waals surface area contributed by atoms with Crippen LogP contribution in [0.5, 0.6) is 11.5 Å². The Hall–Kier alpha value is -1.48. The molecule has 0 saturated carbocycles. The van der Waals surface area contributed by atoms with E-state index in [9.17, 15) is 5.11 Å². The van der Waals surface area contributed by atoms with E-state index in [1.807, 2.05) is 26.0 Å². The van der Waals surface area contributed by atoms with Crippen LogP contribution in [0.1, 0.15) is 16.7 Å². The molecule has 0 aromatic heterocycles. The minimum atomic E-state index is 0.180. The first-order chi connectivity index (χ1) is 7.11. The van der Waals surface area contributed by atoms with Crippen molar-refractivity contribution in [2.45, 2.75) is 13.8 Å². The molecule has 0 fully saturated rings. The Morgan fingerprint density at radius 1 is 1.40 bits per heavy atom. The van der Waals surface area contributed by atoms with Gasteiger partial charge < -0.3 is 15.6 Å². The molecule has 82 valence electrons. The van der Waals surface area contributed by atoms with E-state index in [1.54, 1.807) is 13.2 Å². The van der Waals surface area contributed by atoms with E-state index in [0.29, 0.717) is 12.3 Å². The Morgan fingerprint density at radius 3 is 2.60 bits per heavy atom. The summed E-state index contributed by atoms with van der Waals surface area (Å²) in [6.07, 6.45) is 3.61. The molecule has 0 saturated heterocycles. The molecule has 1 aromatic carbocycles. The van der Waals surface area contributed by atoms with Gasteiger partial charge in [-0.1, -0.05) is 18.2 Å². The van der Waals surface area contributed by atoms with Crippen molar-refractivity contribution >= 4 is 6.08 Å². The van der Waals surface area contributed by atoms with Crippen LogP contribution in [0.15, 0.2) is 12.1 Å². The van der Waals surface area contributed by atoms with Crippen molar-refractivity contribution in [3.63, 3.8) is 0 Å². The third kappa shape index (κ3) is 2.30.